The maximum atomic E-state index is 12.9. The Morgan fingerprint density at radius 2 is 1.97 bits per heavy atom. The van der Waals surface area contributed by atoms with Gasteiger partial charge in [0.1, 0.15) is 22.7 Å². The van der Waals surface area contributed by atoms with Crippen molar-refractivity contribution in [1.82, 2.24) is 5.32 Å². The first-order valence-electron chi connectivity index (χ1n) is 12.1. The van der Waals surface area contributed by atoms with Crippen LogP contribution in [0.2, 0.25) is 5.02 Å². The summed E-state index contributed by atoms with van der Waals surface area (Å²) in [5.41, 5.74) is 9.40. The zero-order valence-corrected chi connectivity index (χ0v) is 23.3. The van der Waals surface area contributed by atoms with E-state index in [1.54, 1.807) is 30.0 Å². The van der Waals surface area contributed by atoms with Crippen LogP contribution in [0.15, 0.2) is 46.0 Å². The first-order valence-corrected chi connectivity index (χ1v) is 13.3. The molecule has 0 saturated heterocycles. The summed E-state index contributed by atoms with van der Waals surface area (Å²) in [6, 6.07) is 8.22. The van der Waals surface area contributed by atoms with Crippen LogP contribution in [-0.2, 0) is 4.79 Å². The van der Waals surface area contributed by atoms with Gasteiger partial charge in [-0.3, -0.25) is 25.5 Å². The molecule has 5 N–H and O–H groups in total. The highest BCUT2D eigenvalue weighted by molar-refractivity contribution is 7.17. The number of hydrogen-bond donors (Lipinski definition) is 4. The molecule has 3 aromatic rings. The van der Waals surface area contributed by atoms with E-state index in [1.807, 2.05) is 26.0 Å². The third kappa shape index (κ3) is 6.13. The lowest BCUT2D eigenvalue weighted by atomic mass is 9.99. The third-order valence-corrected chi connectivity index (χ3v) is 7.49. The van der Waals surface area contributed by atoms with E-state index < -0.39 is 6.04 Å². The van der Waals surface area contributed by atoms with Gasteiger partial charge in [-0.15, -0.1) is 11.3 Å². The second-order valence-electron chi connectivity index (χ2n) is 8.72. The minimum absolute atomic E-state index is 0.0664. The predicted molar refractivity (Wildman–Crippen MR) is 157 cm³/mol. The summed E-state index contributed by atoms with van der Waals surface area (Å²) in [5, 5.41) is 21.5. The van der Waals surface area contributed by atoms with Crippen LogP contribution in [0.4, 0.5) is 5.00 Å². The number of hydrogen-bond acceptors (Lipinski definition) is 7. The number of thiophene rings is 1. The number of halogens is 1. The van der Waals surface area contributed by atoms with Crippen molar-refractivity contribution in [3.63, 3.8) is 0 Å². The average Bonchev–Trinajstić information content (AvgIpc) is 3.43. The molecule has 0 spiro atoms. The molecule has 0 aliphatic carbocycles. The van der Waals surface area contributed by atoms with Gasteiger partial charge in [0.15, 0.2) is 5.76 Å². The van der Waals surface area contributed by atoms with E-state index in [0.717, 1.165) is 26.6 Å². The zero-order valence-electron chi connectivity index (χ0n) is 21.7. The molecule has 1 aliphatic rings. The molecule has 1 aromatic carbocycles. The Bertz CT molecular complexity index is 1590. The summed E-state index contributed by atoms with van der Waals surface area (Å²) < 4.78 is 5.30. The molecule has 0 saturated carbocycles. The largest absolute Gasteiger partial charge is 0.455 e. The third-order valence-electron chi connectivity index (χ3n) is 6.05. The Kier molecular flexibility index (Phi) is 8.68. The van der Waals surface area contributed by atoms with Gasteiger partial charge in [0.25, 0.3) is 0 Å². The highest BCUT2D eigenvalue weighted by Crippen LogP contribution is 2.40. The predicted octanol–water partition coefficient (Wildman–Crippen LogP) is 4.48. The Hall–Kier alpha value is -4.15. The molecule has 198 valence electrons. The molecule has 0 radical (unpaired) electrons. The van der Waals surface area contributed by atoms with Gasteiger partial charge in [-0.05, 0) is 50.5 Å². The molecule has 2 aromatic heterocycles. The Morgan fingerprint density at radius 1 is 1.23 bits per heavy atom. The quantitative estimate of drug-likeness (QED) is 0.213. The molecule has 4 rings (SSSR count). The standard InChI is InChI=1S/C29H27ClN6O2S/c1-17-18(2)39-29-26(17)27(21-8-10-22(30)11-9-21)35-23(28(33)36(29)19(3)32)16-25(37)34-14-5-6-20-12-15-38-24(20)7-4-13-31/h8-12,15,23,32-33H,13-14,16,31H2,1-3H3,(H,34,37)/t23-/m0/s1. The first-order chi connectivity index (χ1) is 18.7. The molecule has 39 heavy (non-hydrogen) atoms. The van der Waals surface area contributed by atoms with E-state index in [0.29, 0.717) is 22.1 Å². The van der Waals surface area contributed by atoms with Crippen LogP contribution < -0.4 is 16.0 Å². The van der Waals surface area contributed by atoms with Gasteiger partial charge in [-0.2, -0.15) is 0 Å². The van der Waals surface area contributed by atoms with Gasteiger partial charge >= 0.3 is 0 Å². The zero-order chi connectivity index (χ0) is 28.1. The highest BCUT2D eigenvalue weighted by atomic mass is 35.5. The lowest BCUT2D eigenvalue weighted by Gasteiger charge is -2.24. The summed E-state index contributed by atoms with van der Waals surface area (Å²) in [7, 11) is 0. The molecule has 10 heteroatoms. The van der Waals surface area contributed by atoms with E-state index >= 15 is 0 Å². The Balaban J connectivity index is 1.61. The maximum Gasteiger partial charge on any atom is 0.223 e. The van der Waals surface area contributed by atoms with Gasteiger partial charge in [0.2, 0.25) is 5.91 Å². The van der Waals surface area contributed by atoms with Gasteiger partial charge in [0, 0.05) is 21.0 Å². The number of amides is 1. The van der Waals surface area contributed by atoms with Gasteiger partial charge < -0.3 is 15.5 Å². The maximum absolute atomic E-state index is 12.9. The number of amidine groups is 2. The monoisotopic (exact) mass is 558 g/mol. The molecular formula is C29H27ClN6O2S. The second-order valence-corrected chi connectivity index (χ2v) is 10.4. The van der Waals surface area contributed by atoms with Crippen LogP contribution in [0.1, 0.15) is 46.2 Å². The topological polar surface area (TPSA) is 132 Å². The van der Waals surface area contributed by atoms with Crippen molar-refractivity contribution in [2.45, 2.75) is 33.2 Å². The number of aliphatic imine (C=N–C) groups is 1. The fourth-order valence-corrected chi connectivity index (χ4v) is 5.40. The highest BCUT2D eigenvalue weighted by Gasteiger charge is 2.34. The lowest BCUT2D eigenvalue weighted by Crippen LogP contribution is -2.42. The Morgan fingerprint density at radius 3 is 2.67 bits per heavy atom. The normalized spacial score (nSPS) is 14.3. The number of nitrogens with zero attached hydrogens (tertiary/aromatic N) is 2. The smallest absolute Gasteiger partial charge is 0.223 e. The van der Waals surface area contributed by atoms with Crippen molar-refractivity contribution in [1.29, 1.82) is 10.8 Å². The van der Waals surface area contributed by atoms with Crippen molar-refractivity contribution in [3.05, 3.63) is 74.5 Å². The van der Waals surface area contributed by atoms with E-state index in [4.69, 9.17) is 37.6 Å². The summed E-state index contributed by atoms with van der Waals surface area (Å²) in [6.07, 6.45) is 1.42. The number of fused-ring (bicyclic) bond motifs is 1. The molecule has 1 amide bonds. The van der Waals surface area contributed by atoms with Crippen molar-refractivity contribution in [2.75, 3.05) is 18.0 Å². The van der Waals surface area contributed by atoms with E-state index in [2.05, 4.69) is 29.0 Å². The van der Waals surface area contributed by atoms with Crippen molar-refractivity contribution in [3.8, 4) is 23.7 Å². The molecule has 1 aliphatic heterocycles. The van der Waals surface area contributed by atoms with Gasteiger partial charge in [-0.25, -0.2) is 0 Å². The summed E-state index contributed by atoms with van der Waals surface area (Å²) in [4.78, 5) is 20.5. The molecule has 0 bridgehead atoms. The molecule has 8 nitrogen and oxygen atoms in total. The van der Waals surface area contributed by atoms with Crippen molar-refractivity contribution >= 4 is 51.2 Å². The summed E-state index contributed by atoms with van der Waals surface area (Å²) in [6.45, 7) is 5.96. The van der Waals surface area contributed by atoms with Gasteiger partial charge in [0.05, 0.1) is 37.0 Å². The number of benzene rings is 1. The number of furan rings is 1. The molecule has 1 atom stereocenters. The molecule has 0 fully saturated rings. The van der Waals surface area contributed by atoms with Crippen LogP contribution in [0.3, 0.4) is 0 Å². The number of rotatable bonds is 4. The lowest BCUT2D eigenvalue weighted by molar-refractivity contribution is -0.120. The van der Waals surface area contributed by atoms with Crippen LogP contribution in [0.25, 0.3) is 0 Å². The van der Waals surface area contributed by atoms with Gasteiger partial charge in [-0.1, -0.05) is 41.5 Å². The summed E-state index contributed by atoms with van der Waals surface area (Å²) >= 11 is 7.65. The number of anilines is 1. The minimum Gasteiger partial charge on any atom is -0.455 e. The van der Waals surface area contributed by atoms with Crippen LogP contribution in [0.5, 0.6) is 0 Å². The van der Waals surface area contributed by atoms with E-state index in [9.17, 15) is 4.79 Å². The fourth-order valence-electron chi connectivity index (χ4n) is 4.05. The second kappa shape index (κ2) is 12.1. The van der Waals surface area contributed by atoms with E-state index in [1.165, 1.54) is 17.6 Å². The molecule has 0 unspecified atom stereocenters. The Labute approximate surface area is 236 Å². The van der Waals surface area contributed by atoms with Crippen LogP contribution in [0, 0.1) is 48.3 Å². The number of carbonyl (C=O) groups is 1. The molecule has 3 heterocycles. The van der Waals surface area contributed by atoms with Crippen molar-refractivity contribution < 1.29 is 9.21 Å². The number of carbonyl (C=O) groups excluding carboxylic acids is 1. The number of aryl methyl sites for hydroxylation is 1. The van der Waals surface area contributed by atoms with Crippen LogP contribution in [-0.4, -0.2) is 42.4 Å². The molecular weight excluding hydrogens is 532 g/mol. The van der Waals surface area contributed by atoms with Crippen molar-refractivity contribution in [2.24, 2.45) is 10.7 Å². The van der Waals surface area contributed by atoms with Crippen LogP contribution >= 0.6 is 22.9 Å². The SMILES string of the molecule is CC(=N)N1C(=N)[C@H](CC(=O)NCC#Cc2ccoc2C#CCN)N=C(c2ccc(Cl)cc2)c2c1sc(C)c2C. The minimum atomic E-state index is -0.810. The summed E-state index contributed by atoms with van der Waals surface area (Å²) in [5.74, 6) is 11.7. The number of nitrogens with two attached hydrogens (primary N) is 1. The first kappa shape index (κ1) is 27.9. The van der Waals surface area contributed by atoms with E-state index in [-0.39, 0.29) is 37.1 Å². The average molecular weight is 559 g/mol. The fraction of sp³-hybridized carbons (Fsp3) is 0.241. The number of nitrogens with one attached hydrogen (secondary N) is 3.